The maximum atomic E-state index is 10.7. The van der Waals surface area contributed by atoms with E-state index in [1.165, 1.54) is 0 Å². The van der Waals surface area contributed by atoms with Crippen molar-refractivity contribution in [3.05, 3.63) is 65.2 Å². The Bertz CT molecular complexity index is 1050. The number of hydrogen-bond acceptors (Lipinski definition) is 6. The quantitative estimate of drug-likeness (QED) is 0.382. The van der Waals surface area contributed by atoms with Crippen molar-refractivity contribution in [2.45, 2.75) is 38.5 Å². The number of ether oxygens (including phenoxy) is 3. The summed E-state index contributed by atoms with van der Waals surface area (Å²) in [6.07, 6.45) is 1.62. The molecular formula is C27H34ClN3O4. The highest BCUT2D eigenvalue weighted by molar-refractivity contribution is 6.30. The highest BCUT2D eigenvalue weighted by Crippen LogP contribution is 2.34. The predicted octanol–water partition coefficient (Wildman–Crippen LogP) is 4.91. The predicted molar refractivity (Wildman–Crippen MR) is 137 cm³/mol. The number of rotatable bonds is 12. The van der Waals surface area contributed by atoms with Gasteiger partial charge in [-0.05, 0) is 44.0 Å². The Kier molecular flexibility index (Phi) is 9.18. The molecule has 1 aromatic heterocycles. The summed E-state index contributed by atoms with van der Waals surface area (Å²) in [7, 11) is 1.88. The fourth-order valence-corrected chi connectivity index (χ4v) is 4.50. The second kappa shape index (κ2) is 12.5. The van der Waals surface area contributed by atoms with E-state index in [1.807, 2.05) is 56.4 Å². The Balaban J connectivity index is 1.66. The molecule has 7 nitrogen and oxygen atoms in total. The summed E-state index contributed by atoms with van der Waals surface area (Å²) in [5.74, 6) is 1.34. The number of halogens is 1. The summed E-state index contributed by atoms with van der Waals surface area (Å²) in [5, 5.41) is 16.1. The molecule has 0 radical (unpaired) electrons. The minimum atomic E-state index is -0.603. The number of benzene rings is 2. The molecule has 1 N–H and O–H groups in total. The molecule has 0 saturated carbocycles. The van der Waals surface area contributed by atoms with Gasteiger partial charge in [-0.3, -0.25) is 4.90 Å². The van der Waals surface area contributed by atoms with E-state index >= 15 is 0 Å². The van der Waals surface area contributed by atoms with Crippen LogP contribution in [0.2, 0.25) is 5.02 Å². The minimum absolute atomic E-state index is 0.145. The van der Waals surface area contributed by atoms with Crippen molar-refractivity contribution in [1.29, 1.82) is 0 Å². The molecule has 0 aliphatic carbocycles. The van der Waals surface area contributed by atoms with Gasteiger partial charge in [-0.1, -0.05) is 41.9 Å². The molecule has 4 rings (SSSR count). The smallest absolute Gasteiger partial charge is 0.222 e. The number of aromatic nitrogens is 2. The standard InChI is InChI=1S/C27H34ClN3O4/c1-3-33-19-22(32)16-31(17-24-10-7-15-34-24)18-25-26(20-8-5-4-6-9-20)29-30(2)27(25)35-23-13-11-21(28)12-14-23/h4-6,8-9,11-14,22,24,32H,3,7,10,15-19H2,1-2H3/t22-,24-/m0/s1. The fourth-order valence-electron chi connectivity index (χ4n) is 4.37. The maximum Gasteiger partial charge on any atom is 0.222 e. The van der Waals surface area contributed by atoms with Crippen LogP contribution in [0.4, 0.5) is 0 Å². The lowest BCUT2D eigenvalue weighted by molar-refractivity contribution is 0.00505. The molecule has 3 aromatic rings. The molecule has 1 saturated heterocycles. The molecule has 0 bridgehead atoms. The third kappa shape index (κ3) is 7.06. The topological polar surface area (TPSA) is 69.0 Å². The second-order valence-corrected chi connectivity index (χ2v) is 9.26. The van der Waals surface area contributed by atoms with Gasteiger partial charge in [0.1, 0.15) is 11.4 Å². The first-order valence-electron chi connectivity index (χ1n) is 12.2. The zero-order valence-electron chi connectivity index (χ0n) is 20.4. The number of aliphatic hydroxyl groups excluding tert-OH is 1. The number of nitrogens with zero attached hydrogens (tertiary/aromatic N) is 3. The van der Waals surface area contributed by atoms with E-state index in [0.717, 1.165) is 36.3 Å². The molecule has 188 valence electrons. The Labute approximate surface area is 212 Å². The van der Waals surface area contributed by atoms with Crippen molar-refractivity contribution < 1.29 is 19.3 Å². The molecule has 2 heterocycles. The molecule has 1 aliphatic heterocycles. The van der Waals surface area contributed by atoms with Crippen LogP contribution < -0.4 is 4.74 Å². The molecule has 0 unspecified atom stereocenters. The normalized spacial score (nSPS) is 16.7. The van der Waals surface area contributed by atoms with E-state index < -0.39 is 6.10 Å². The van der Waals surface area contributed by atoms with Gasteiger partial charge in [-0.25, -0.2) is 4.68 Å². The zero-order valence-corrected chi connectivity index (χ0v) is 21.2. The van der Waals surface area contributed by atoms with Crippen LogP contribution >= 0.6 is 11.6 Å². The van der Waals surface area contributed by atoms with Crippen molar-refractivity contribution in [2.75, 3.05) is 32.9 Å². The van der Waals surface area contributed by atoms with E-state index in [9.17, 15) is 5.11 Å². The molecule has 0 amide bonds. The van der Waals surface area contributed by atoms with Crippen LogP contribution in [0.15, 0.2) is 54.6 Å². The van der Waals surface area contributed by atoms with Gasteiger partial charge in [0.15, 0.2) is 0 Å². The van der Waals surface area contributed by atoms with Gasteiger partial charge >= 0.3 is 0 Å². The van der Waals surface area contributed by atoms with E-state index in [-0.39, 0.29) is 6.10 Å². The zero-order chi connectivity index (χ0) is 24.6. The molecule has 1 aliphatic rings. The van der Waals surface area contributed by atoms with Crippen molar-refractivity contribution in [1.82, 2.24) is 14.7 Å². The van der Waals surface area contributed by atoms with E-state index in [1.54, 1.807) is 16.8 Å². The van der Waals surface area contributed by atoms with Crippen LogP contribution in [0.5, 0.6) is 11.6 Å². The number of hydrogen-bond donors (Lipinski definition) is 1. The Morgan fingerprint density at radius 3 is 2.66 bits per heavy atom. The van der Waals surface area contributed by atoms with Crippen LogP contribution in [0.1, 0.15) is 25.3 Å². The summed E-state index contributed by atoms with van der Waals surface area (Å²) < 4.78 is 19.5. The molecule has 2 atom stereocenters. The van der Waals surface area contributed by atoms with Crippen molar-refractivity contribution in [3.8, 4) is 22.9 Å². The van der Waals surface area contributed by atoms with Crippen molar-refractivity contribution in [3.63, 3.8) is 0 Å². The average Bonchev–Trinajstić information content (AvgIpc) is 3.48. The molecule has 8 heteroatoms. The second-order valence-electron chi connectivity index (χ2n) is 8.82. The Morgan fingerprint density at radius 1 is 1.20 bits per heavy atom. The summed E-state index contributed by atoms with van der Waals surface area (Å²) >= 11 is 6.07. The minimum Gasteiger partial charge on any atom is -0.439 e. The SMILES string of the molecule is CCOC[C@@H](O)CN(Cc1c(-c2ccccc2)nn(C)c1Oc1ccc(Cl)cc1)C[C@@H]1CCCO1. The number of aryl methyl sites for hydroxylation is 1. The van der Waals surface area contributed by atoms with Crippen LogP contribution in [0, 0.1) is 0 Å². The summed E-state index contributed by atoms with van der Waals surface area (Å²) in [4.78, 5) is 2.22. The highest BCUT2D eigenvalue weighted by Gasteiger charge is 2.26. The Morgan fingerprint density at radius 2 is 1.97 bits per heavy atom. The highest BCUT2D eigenvalue weighted by atomic mass is 35.5. The van der Waals surface area contributed by atoms with Crippen LogP contribution in [-0.4, -0.2) is 64.9 Å². The molecule has 0 spiro atoms. The molecule has 2 aromatic carbocycles. The van der Waals surface area contributed by atoms with Crippen LogP contribution in [0.3, 0.4) is 0 Å². The Hall–Kier alpha value is -2.42. The third-order valence-electron chi connectivity index (χ3n) is 6.01. The lowest BCUT2D eigenvalue weighted by atomic mass is 10.1. The van der Waals surface area contributed by atoms with Gasteiger partial charge in [0.25, 0.3) is 0 Å². The van der Waals surface area contributed by atoms with Crippen molar-refractivity contribution in [2.24, 2.45) is 7.05 Å². The average molecular weight is 500 g/mol. The maximum absolute atomic E-state index is 10.7. The van der Waals surface area contributed by atoms with Crippen LogP contribution in [0.25, 0.3) is 11.3 Å². The monoisotopic (exact) mass is 499 g/mol. The van der Waals surface area contributed by atoms with Gasteiger partial charge in [0.05, 0.1) is 24.4 Å². The summed E-state index contributed by atoms with van der Waals surface area (Å²) in [6.45, 7) is 5.31. The molecular weight excluding hydrogens is 466 g/mol. The molecule has 35 heavy (non-hydrogen) atoms. The lowest BCUT2D eigenvalue weighted by Gasteiger charge is -2.27. The largest absolute Gasteiger partial charge is 0.439 e. The fraction of sp³-hybridized carbons (Fsp3) is 0.444. The third-order valence-corrected chi connectivity index (χ3v) is 6.27. The van der Waals surface area contributed by atoms with Crippen molar-refractivity contribution >= 4 is 11.6 Å². The van der Waals surface area contributed by atoms with Crippen LogP contribution in [-0.2, 0) is 23.1 Å². The van der Waals surface area contributed by atoms with E-state index in [4.69, 9.17) is 30.9 Å². The van der Waals surface area contributed by atoms with E-state index in [0.29, 0.717) is 49.5 Å². The number of aliphatic hydroxyl groups is 1. The van der Waals surface area contributed by atoms with Gasteiger partial charge < -0.3 is 19.3 Å². The van der Waals surface area contributed by atoms with E-state index in [2.05, 4.69) is 4.90 Å². The first-order chi connectivity index (χ1) is 17.0. The first-order valence-corrected chi connectivity index (χ1v) is 12.6. The first kappa shape index (κ1) is 25.7. The van der Waals surface area contributed by atoms with Gasteiger partial charge in [0.2, 0.25) is 5.88 Å². The molecule has 1 fully saturated rings. The van der Waals surface area contributed by atoms with Gasteiger partial charge in [-0.15, -0.1) is 0 Å². The lowest BCUT2D eigenvalue weighted by Crippen LogP contribution is -2.39. The van der Waals surface area contributed by atoms with Gasteiger partial charge in [0, 0.05) is 50.5 Å². The summed E-state index contributed by atoms with van der Waals surface area (Å²) in [5.41, 5.74) is 2.82. The summed E-state index contributed by atoms with van der Waals surface area (Å²) in [6, 6.07) is 17.4. The van der Waals surface area contributed by atoms with Gasteiger partial charge in [-0.2, -0.15) is 5.10 Å².